The molecule has 0 spiro atoms. The fourth-order valence-electron chi connectivity index (χ4n) is 2.61. The van der Waals surface area contributed by atoms with Crippen molar-refractivity contribution in [2.24, 2.45) is 0 Å². The summed E-state index contributed by atoms with van der Waals surface area (Å²) in [6.07, 6.45) is 0.433. The fourth-order valence-corrected chi connectivity index (χ4v) is 2.61. The smallest absolute Gasteiger partial charge is 0.358 e. The average molecular weight is 319 g/mol. The van der Waals surface area contributed by atoms with Crippen LogP contribution in [0.15, 0.2) is 32.1 Å². The molecule has 1 atom stereocenters. The molecule has 4 rings (SSSR count). The molecule has 3 aromatic rings. The van der Waals surface area contributed by atoms with Gasteiger partial charge in [-0.1, -0.05) is 11.2 Å². The van der Waals surface area contributed by atoms with Crippen molar-refractivity contribution in [2.75, 3.05) is 0 Å². The zero-order chi connectivity index (χ0) is 16.1. The lowest BCUT2D eigenvalue weighted by molar-refractivity contribution is -0.390. The van der Waals surface area contributed by atoms with Crippen LogP contribution >= 0.6 is 0 Å². The molecule has 2 aromatic heterocycles. The predicted octanol–water partition coefficient (Wildman–Crippen LogP) is 1.08. The Hall–Kier alpha value is -3.37. The zero-order valence-electron chi connectivity index (χ0n) is 11.2. The first-order valence-corrected chi connectivity index (χ1v) is 6.40. The van der Waals surface area contributed by atoms with Crippen LogP contribution in [0.4, 0.5) is 10.2 Å². The number of rotatable bonds is 3. The van der Waals surface area contributed by atoms with E-state index in [1.165, 1.54) is 12.1 Å². The van der Waals surface area contributed by atoms with Crippen LogP contribution < -0.4 is 5.76 Å². The van der Waals surface area contributed by atoms with Gasteiger partial charge in [0.15, 0.2) is 5.16 Å². The second-order valence-electron chi connectivity index (χ2n) is 4.90. The molecule has 1 aliphatic rings. The van der Waals surface area contributed by atoms with E-state index < -0.39 is 28.4 Å². The van der Waals surface area contributed by atoms with Crippen LogP contribution in [0.3, 0.4) is 0 Å². The first-order chi connectivity index (χ1) is 11.1. The van der Waals surface area contributed by atoms with Crippen LogP contribution in [0.1, 0.15) is 17.2 Å². The molecule has 0 radical (unpaired) electrons. The largest absolute Gasteiger partial charge is 0.446 e. The fraction of sp³-hybridized carbons (Fsp3) is 0.167. The lowest BCUT2D eigenvalue weighted by Crippen LogP contribution is -2.31. The summed E-state index contributed by atoms with van der Waals surface area (Å²) in [5.74, 6) is -2.17. The van der Waals surface area contributed by atoms with Crippen LogP contribution in [-0.4, -0.2) is 25.0 Å². The van der Waals surface area contributed by atoms with Gasteiger partial charge in [0.1, 0.15) is 5.82 Å². The number of fused-ring (bicyclic) bond motifs is 1. The summed E-state index contributed by atoms with van der Waals surface area (Å²) in [5.41, 5.74) is 1.12. The maximum Gasteiger partial charge on any atom is 0.446 e. The molecule has 0 unspecified atom stereocenters. The summed E-state index contributed by atoms with van der Waals surface area (Å²) >= 11 is 0. The number of halogens is 1. The summed E-state index contributed by atoms with van der Waals surface area (Å²) in [6, 6.07) is 3.67. The van der Waals surface area contributed by atoms with Gasteiger partial charge in [-0.3, -0.25) is 4.52 Å². The van der Waals surface area contributed by atoms with Gasteiger partial charge in [0.05, 0.1) is 6.04 Å². The van der Waals surface area contributed by atoms with Gasteiger partial charge in [-0.2, -0.15) is 0 Å². The standard InChI is InChI=1S/C12H6FN5O5/c13-6-2-1-5-3-8(7(5)4-6)17-10(15-22-12(17)19)9-11(18(20)21)16-23-14-9/h1-2,4,8H,3H2/t8-/m0/s1. The number of aromatic nitrogens is 4. The Morgan fingerprint density at radius 3 is 2.96 bits per heavy atom. The van der Waals surface area contributed by atoms with Crippen molar-refractivity contribution < 1.29 is 18.5 Å². The highest BCUT2D eigenvalue weighted by Gasteiger charge is 2.36. The van der Waals surface area contributed by atoms with E-state index in [-0.39, 0.29) is 11.5 Å². The van der Waals surface area contributed by atoms with Crippen molar-refractivity contribution in [3.63, 3.8) is 0 Å². The third kappa shape index (κ3) is 1.86. The Labute approximate surface area is 125 Å². The molecule has 0 fully saturated rings. The van der Waals surface area contributed by atoms with Crippen molar-refractivity contribution in [2.45, 2.75) is 12.5 Å². The number of hydrogen-bond acceptors (Lipinski definition) is 8. The molecule has 11 heteroatoms. The van der Waals surface area contributed by atoms with Crippen molar-refractivity contribution in [3.8, 4) is 11.5 Å². The highest BCUT2D eigenvalue weighted by molar-refractivity contribution is 5.59. The van der Waals surface area contributed by atoms with E-state index in [1.807, 2.05) is 0 Å². The Bertz CT molecular complexity index is 990. The number of benzene rings is 1. The van der Waals surface area contributed by atoms with E-state index in [0.717, 1.165) is 10.1 Å². The first-order valence-electron chi connectivity index (χ1n) is 6.40. The SMILES string of the molecule is O=c1onc(-c2nonc2[N+](=O)[O-])n1[C@H]1Cc2ccc(F)cc21. The molecule has 0 aliphatic heterocycles. The minimum absolute atomic E-state index is 0.192. The van der Waals surface area contributed by atoms with E-state index in [1.54, 1.807) is 6.07 Å². The van der Waals surface area contributed by atoms with Gasteiger partial charge in [-0.15, -0.1) is 4.63 Å². The molecule has 23 heavy (non-hydrogen) atoms. The highest BCUT2D eigenvalue weighted by atomic mass is 19.1. The van der Waals surface area contributed by atoms with Crippen LogP contribution in [0.2, 0.25) is 0 Å². The van der Waals surface area contributed by atoms with Crippen LogP contribution in [-0.2, 0) is 6.42 Å². The molecule has 2 heterocycles. The van der Waals surface area contributed by atoms with Gasteiger partial charge < -0.3 is 10.1 Å². The van der Waals surface area contributed by atoms with Gasteiger partial charge in [0.25, 0.3) is 5.69 Å². The molecular formula is C12H6FN5O5. The van der Waals surface area contributed by atoms with Crippen molar-refractivity contribution in [1.82, 2.24) is 20.0 Å². The molecular weight excluding hydrogens is 313 g/mol. The van der Waals surface area contributed by atoms with Gasteiger partial charge in [0.2, 0.25) is 5.82 Å². The molecule has 1 aliphatic carbocycles. The molecule has 0 saturated heterocycles. The van der Waals surface area contributed by atoms with Crippen LogP contribution in [0, 0.1) is 15.9 Å². The maximum absolute atomic E-state index is 13.4. The van der Waals surface area contributed by atoms with E-state index in [0.29, 0.717) is 12.0 Å². The number of nitrogens with zero attached hydrogens (tertiary/aromatic N) is 5. The minimum atomic E-state index is -0.836. The van der Waals surface area contributed by atoms with Crippen molar-refractivity contribution in [1.29, 1.82) is 0 Å². The van der Waals surface area contributed by atoms with Crippen molar-refractivity contribution in [3.05, 3.63) is 55.8 Å². The lowest BCUT2D eigenvalue weighted by Gasteiger charge is -2.30. The minimum Gasteiger partial charge on any atom is -0.358 e. The second-order valence-corrected chi connectivity index (χ2v) is 4.90. The molecule has 0 amide bonds. The normalized spacial score (nSPS) is 16.0. The van der Waals surface area contributed by atoms with E-state index in [9.17, 15) is 19.3 Å². The van der Waals surface area contributed by atoms with E-state index >= 15 is 0 Å². The maximum atomic E-state index is 13.4. The number of hydrogen-bond donors (Lipinski definition) is 0. The average Bonchev–Trinajstić information content (AvgIpc) is 3.10. The van der Waals surface area contributed by atoms with Gasteiger partial charge in [-0.05, 0) is 39.8 Å². The van der Waals surface area contributed by atoms with Gasteiger partial charge >= 0.3 is 11.6 Å². The third-order valence-corrected chi connectivity index (χ3v) is 3.68. The molecule has 0 bridgehead atoms. The summed E-state index contributed by atoms with van der Waals surface area (Å²) in [6.45, 7) is 0. The van der Waals surface area contributed by atoms with E-state index in [2.05, 4.69) is 24.6 Å². The lowest BCUT2D eigenvalue weighted by atomic mass is 9.83. The Morgan fingerprint density at radius 2 is 2.17 bits per heavy atom. The Morgan fingerprint density at radius 1 is 1.35 bits per heavy atom. The summed E-state index contributed by atoms with van der Waals surface area (Å²) in [5, 5.41) is 21.0. The van der Waals surface area contributed by atoms with Gasteiger partial charge in [0, 0.05) is 0 Å². The molecule has 10 nitrogen and oxygen atoms in total. The highest BCUT2D eigenvalue weighted by Crippen LogP contribution is 2.38. The van der Waals surface area contributed by atoms with Crippen LogP contribution in [0.25, 0.3) is 11.5 Å². The molecule has 1 aromatic carbocycles. The second kappa shape index (κ2) is 4.56. The monoisotopic (exact) mass is 319 g/mol. The molecule has 116 valence electrons. The quantitative estimate of drug-likeness (QED) is 0.517. The van der Waals surface area contributed by atoms with E-state index in [4.69, 9.17) is 0 Å². The summed E-state index contributed by atoms with van der Waals surface area (Å²) in [7, 11) is 0. The Balaban J connectivity index is 1.86. The zero-order valence-corrected chi connectivity index (χ0v) is 11.2. The molecule has 0 N–H and O–H groups in total. The van der Waals surface area contributed by atoms with Crippen molar-refractivity contribution >= 4 is 5.82 Å². The summed E-state index contributed by atoms with van der Waals surface area (Å²) < 4.78 is 23.4. The summed E-state index contributed by atoms with van der Waals surface area (Å²) in [4.78, 5) is 22.0. The number of nitro groups is 1. The predicted molar refractivity (Wildman–Crippen MR) is 69.0 cm³/mol. The first kappa shape index (κ1) is 13.3. The van der Waals surface area contributed by atoms with Crippen LogP contribution in [0.5, 0.6) is 0 Å². The Kier molecular flexibility index (Phi) is 2.64. The third-order valence-electron chi connectivity index (χ3n) is 3.68. The molecule has 0 saturated carbocycles. The van der Waals surface area contributed by atoms with Gasteiger partial charge in [-0.25, -0.2) is 13.8 Å². The topological polar surface area (TPSA) is 130 Å².